The lowest BCUT2D eigenvalue weighted by Crippen LogP contribution is -2.45. The molecule has 2 aromatic heterocycles. The number of ether oxygens (including phenoxy) is 1. The molecule has 3 rings (SSSR count). The number of carbonyl (C=O) groups is 2. The molecule has 8 heteroatoms. The van der Waals surface area contributed by atoms with Crippen molar-refractivity contribution in [3.05, 3.63) is 24.4 Å². The van der Waals surface area contributed by atoms with Crippen LogP contribution in [0.1, 0.15) is 33.6 Å². The van der Waals surface area contributed by atoms with E-state index in [0.717, 1.165) is 12.8 Å². The SMILES string of the molecule is CC(C)(C)OC(=O)[C@H]1CCCN(C(=O)Nc2nc3ccccn3n2)C1. The molecule has 1 fully saturated rings. The lowest BCUT2D eigenvalue weighted by Gasteiger charge is -2.32. The quantitative estimate of drug-likeness (QED) is 0.844. The van der Waals surface area contributed by atoms with Crippen molar-refractivity contribution in [1.82, 2.24) is 19.5 Å². The summed E-state index contributed by atoms with van der Waals surface area (Å²) < 4.78 is 7.03. The normalized spacial score (nSPS) is 18.2. The Labute approximate surface area is 146 Å². The Bertz CT molecular complexity index is 747. The van der Waals surface area contributed by atoms with Crippen LogP contribution in [0.2, 0.25) is 0 Å². The molecule has 2 amide bonds. The van der Waals surface area contributed by atoms with Gasteiger partial charge in [-0.15, -0.1) is 5.10 Å². The monoisotopic (exact) mass is 345 g/mol. The number of anilines is 1. The fraction of sp³-hybridized carbons (Fsp3) is 0.529. The number of amides is 2. The summed E-state index contributed by atoms with van der Waals surface area (Å²) >= 11 is 0. The fourth-order valence-electron chi connectivity index (χ4n) is 2.80. The van der Waals surface area contributed by atoms with Crippen molar-refractivity contribution in [1.29, 1.82) is 0 Å². The summed E-state index contributed by atoms with van der Waals surface area (Å²) in [5, 5.41) is 6.91. The van der Waals surface area contributed by atoms with E-state index in [1.807, 2.05) is 39.0 Å². The number of fused-ring (bicyclic) bond motifs is 1. The second-order valence-corrected chi connectivity index (χ2v) is 7.19. The maximum absolute atomic E-state index is 12.5. The van der Waals surface area contributed by atoms with Gasteiger partial charge in [0.2, 0.25) is 0 Å². The highest BCUT2D eigenvalue weighted by Gasteiger charge is 2.31. The van der Waals surface area contributed by atoms with Crippen molar-refractivity contribution >= 4 is 23.6 Å². The highest BCUT2D eigenvalue weighted by Crippen LogP contribution is 2.21. The predicted molar refractivity (Wildman–Crippen MR) is 92.1 cm³/mol. The van der Waals surface area contributed by atoms with Crippen molar-refractivity contribution in [3.63, 3.8) is 0 Å². The molecular formula is C17H23N5O3. The lowest BCUT2D eigenvalue weighted by atomic mass is 9.98. The van der Waals surface area contributed by atoms with E-state index >= 15 is 0 Å². The molecule has 0 bridgehead atoms. The third-order valence-electron chi connectivity index (χ3n) is 3.91. The van der Waals surface area contributed by atoms with E-state index in [0.29, 0.717) is 18.7 Å². The number of carbonyl (C=O) groups excluding carboxylic acids is 2. The Kier molecular flexibility index (Phi) is 4.61. The standard InChI is InChI=1S/C17H23N5O3/c1-17(2,3)25-14(23)12-7-6-9-21(11-12)16(24)19-15-18-13-8-4-5-10-22(13)20-15/h4-5,8,10,12H,6-7,9,11H2,1-3H3,(H,19,20,24)/t12-/m0/s1. The van der Waals surface area contributed by atoms with Gasteiger partial charge in [0.1, 0.15) is 5.60 Å². The molecule has 0 spiro atoms. The number of nitrogens with one attached hydrogen (secondary N) is 1. The molecule has 0 saturated carbocycles. The summed E-state index contributed by atoms with van der Waals surface area (Å²) in [5.41, 5.74) is 0.130. The zero-order valence-corrected chi connectivity index (χ0v) is 14.7. The first-order valence-electron chi connectivity index (χ1n) is 8.42. The molecule has 1 atom stereocenters. The van der Waals surface area contributed by atoms with Crippen molar-refractivity contribution in [2.75, 3.05) is 18.4 Å². The van der Waals surface area contributed by atoms with Crippen molar-refractivity contribution in [2.45, 2.75) is 39.2 Å². The van der Waals surface area contributed by atoms with E-state index in [-0.39, 0.29) is 23.9 Å². The first-order chi connectivity index (χ1) is 11.8. The minimum atomic E-state index is -0.526. The number of nitrogens with zero attached hydrogens (tertiary/aromatic N) is 4. The molecule has 0 aliphatic carbocycles. The molecule has 25 heavy (non-hydrogen) atoms. The summed E-state index contributed by atoms with van der Waals surface area (Å²) in [6.07, 6.45) is 3.25. The smallest absolute Gasteiger partial charge is 0.324 e. The zero-order chi connectivity index (χ0) is 18.0. The van der Waals surface area contributed by atoms with Gasteiger partial charge >= 0.3 is 12.0 Å². The molecule has 1 aliphatic rings. The van der Waals surface area contributed by atoms with Crippen LogP contribution in [0.4, 0.5) is 10.7 Å². The summed E-state index contributed by atoms with van der Waals surface area (Å²) in [4.78, 5) is 30.6. The van der Waals surface area contributed by atoms with Crippen LogP contribution in [-0.2, 0) is 9.53 Å². The Morgan fingerprint density at radius 1 is 1.32 bits per heavy atom. The third-order valence-corrected chi connectivity index (χ3v) is 3.91. The van der Waals surface area contributed by atoms with Gasteiger partial charge in [-0.25, -0.2) is 9.31 Å². The van der Waals surface area contributed by atoms with Crippen LogP contribution in [0, 0.1) is 5.92 Å². The number of aromatic nitrogens is 3. The maximum Gasteiger partial charge on any atom is 0.324 e. The number of hydrogen-bond acceptors (Lipinski definition) is 5. The number of urea groups is 1. The molecule has 2 aromatic rings. The van der Waals surface area contributed by atoms with E-state index in [1.165, 1.54) is 0 Å². The van der Waals surface area contributed by atoms with Crippen molar-refractivity contribution in [2.24, 2.45) is 5.92 Å². The predicted octanol–water partition coefficient (Wildman–Crippen LogP) is 2.31. The molecule has 1 N–H and O–H groups in total. The van der Waals surface area contributed by atoms with Gasteiger partial charge in [-0.1, -0.05) is 6.07 Å². The van der Waals surface area contributed by atoms with E-state index < -0.39 is 5.60 Å². The first-order valence-corrected chi connectivity index (χ1v) is 8.42. The number of piperidine rings is 1. The van der Waals surface area contributed by atoms with Gasteiger partial charge in [0.05, 0.1) is 5.92 Å². The summed E-state index contributed by atoms with van der Waals surface area (Å²) in [5.74, 6) is -0.306. The Balaban J connectivity index is 1.62. The maximum atomic E-state index is 12.5. The first kappa shape index (κ1) is 17.2. The zero-order valence-electron chi connectivity index (χ0n) is 14.7. The highest BCUT2D eigenvalue weighted by atomic mass is 16.6. The molecule has 3 heterocycles. The molecular weight excluding hydrogens is 322 g/mol. The van der Waals surface area contributed by atoms with Gasteiger partial charge in [0.25, 0.3) is 5.95 Å². The molecule has 0 aromatic carbocycles. The third kappa shape index (κ3) is 4.26. The highest BCUT2D eigenvalue weighted by molar-refractivity contribution is 5.88. The van der Waals surface area contributed by atoms with Crippen LogP contribution in [-0.4, -0.2) is 50.2 Å². The molecule has 0 radical (unpaired) electrons. The number of hydrogen-bond donors (Lipinski definition) is 1. The van der Waals surface area contributed by atoms with Crippen LogP contribution in [0.5, 0.6) is 0 Å². The van der Waals surface area contributed by atoms with E-state index in [9.17, 15) is 9.59 Å². The van der Waals surface area contributed by atoms with Gasteiger partial charge in [-0.3, -0.25) is 10.1 Å². The number of esters is 1. The van der Waals surface area contributed by atoms with Gasteiger partial charge in [0, 0.05) is 19.3 Å². The molecule has 1 saturated heterocycles. The van der Waals surface area contributed by atoms with Crippen LogP contribution >= 0.6 is 0 Å². The Hall–Kier alpha value is -2.64. The lowest BCUT2D eigenvalue weighted by molar-refractivity contribution is -0.161. The Morgan fingerprint density at radius 3 is 2.84 bits per heavy atom. The van der Waals surface area contributed by atoms with Gasteiger partial charge < -0.3 is 9.64 Å². The summed E-state index contributed by atoms with van der Waals surface area (Å²) in [6, 6.07) is 5.20. The second-order valence-electron chi connectivity index (χ2n) is 7.19. The van der Waals surface area contributed by atoms with Crippen molar-refractivity contribution in [3.8, 4) is 0 Å². The van der Waals surface area contributed by atoms with Crippen LogP contribution in [0.3, 0.4) is 0 Å². The molecule has 134 valence electrons. The number of pyridine rings is 1. The largest absolute Gasteiger partial charge is 0.460 e. The Morgan fingerprint density at radius 2 is 2.12 bits per heavy atom. The molecule has 8 nitrogen and oxygen atoms in total. The van der Waals surface area contributed by atoms with Gasteiger partial charge in [0.15, 0.2) is 5.65 Å². The van der Waals surface area contributed by atoms with Gasteiger partial charge in [-0.05, 0) is 45.7 Å². The summed E-state index contributed by atoms with van der Waals surface area (Å²) in [7, 11) is 0. The van der Waals surface area contributed by atoms with Crippen LogP contribution in [0.15, 0.2) is 24.4 Å². The average molecular weight is 345 g/mol. The second kappa shape index (κ2) is 6.70. The van der Waals surface area contributed by atoms with E-state index in [4.69, 9.17) is 4.74 Å². The van der Waals surface area contributed by atoms with Crippen molar-refractivity contribution < 1.29 is 14.3 Å². The van der Waals surface area contributed by atoms with E-state index in [1.54, 1.807) is 15.6 Å². The number of rotatable bonds is 2. The minimum Gasteiger partial charge on any atom is -0.460 e. The number of likely N-dealkylation sites (tertiary alicyclic amines) is 1. The average Bonchev–Trinajstić information content (AvgIpc) is 2.95. The molecule has 0 unspecified atom stereocenters. The minimum absolute atomic E-state index is 0.246. The van der Waals surface area contributed by atoms with Crippen LogP contribution in [0.25, 0.3) is 5.65 Å². The topological polar surface area (TPSA) is 88.8 Å². The van der Waals surface area contributed by atoms with E-state index in [2.05, 4.69) is 15.4 Å². The van der Waals surface area contributed by atoms with Crippen LogP contribution < -0.4 is 5.32 Å². The molecule has 1 aliphatic heterocycles. The summed E-state index contributed by atoms with van der Waals surface area (Å²) in [6.45, 7) is 6.46. The fourth-order valence-corrected chi connectivity index (χ4v) is 2.80. The van der Waals surface area contributed by atoms with Gasteiger partial charge in [-0.2, -0.15) is 4.98 Å².